The number of nitrogens with zero attached hydrogens (tertiary/aromatic N) is 1. The second-order valence-electron chi connectivity index (χ2n) is 5.98. The number of carbonyl (C=O) groups excluding carboxylic acids is 1. The molecule has 3 rings (SSSR count). The molecule has 0 aliphatic carbocycles. The molecule has 0 N–H and O–H groups in total. The fraction of sp³-hybridized carbons (Fsp3) is 0.143. The second-order valence-corrected chi connectivity index (χ2v) is 5.98. The quantitative estimate of drug-likeness (QED) is 0.717. The maximum atomic E-state index is 12.0. The second kappa shape index (κ2) is 7.18. The van der Waals surface area contributed by atoms with Gasteiger partial charge >= 0.3 is 6.09 Å². The van der Waals surface area contributed by atoms with E-state index in [1.165, 1.54) is 17.8 Å². The molecule has 0 saturated carbocycles. The highest BCUT2D eigenvalue weighted by molar-refractivity contribution is 5.70. The van der Waals surface area contributed by atoms with Crippen LogP contribution in [0.15, 0.2) is 71.7 Å². The van der Waals surface area contributed by atoms with E-state index in [0.717, 1.165) is 26.8 Å². The Hall–Kier alpha value is -3.14. The predicted octanol–water partition coefficient (Wildman–Crippen LogP) is 4.32. The Morgan fingerprint density at radius 1 is 1.00 bits per heavy atom. The molecule has 0 bridgehead atoms. The van der Waals surface area contributed by atoms with E-state index in [9.17, 15) is 9.59 Å². The Balaban J connectivity index is 1.74. The van der Waals surface area contributed by atoms with Gasteiger partial charge < -0.3 is 4.74 Å². The summed E-state index contributed by atoms with van der Waals surface area (Å²) in [6.45, 7) is 4.22. The molecule has 0 spiro atoms. The lowest BCUT2D eigenvalue weighted by molar-refractivity contribution is 0.140. The number of rotatable bonds is 3. The third-order valence-electron chi connectivity index (χ3n) is 4.00. The van der Waals surface area contributed by atoms with Crippen molar-refractivity contribution in [2.45, 2.75) is 20.5 Å². The average Bonchev–Trinajstić information content (AvgIpc) is 2.60. The first-order valence-electron chi connectivity index (χ1n) is 8.06. The van der Waals surface area contributed by atoms with Crippen molar-refractivity contribution in [2.75, 3.05) is 0 Å². The van der Waals surface area contributed by atoms with Gasteiger partial charge in [-0.25, -0.2) is 9.36 Å². The lowest BCUT2D eigenvalue weighted by Gasteiger charge is -2.10. The summed E-state index contributed by atoms with van der Waals surface area (Å²) in [5.41, 5.74) is 5.11. The van der Waals surface area contributed by atoms with Gasteiger partial charge in [-0.3, -0.25) is 4.79 Å². The molecule has 1 heterocycles. The molecule has 0 fully saturated rings. The van der Waals surface area contributed by atoms with Gasteiger partial charge in [-0.2, -0.15) is 0 Å². The lowest BCUT2D eigenvalue weighted by Crippen LogP contribution is -2.26. The minimum Gasteiger partial charge on any atom is -0.444 e. The van der Waals surface area contributed by atoms with Crippen molar-refractivity contribution in [1.82, 2.24) is 4.57 Å². The maximum absolute atomic E-state index is 12.0. The molecule has 1 aromatic heterocycles. The summed E-state index contributed by atoms with van der Waals surface area (Å²) < 4.78 is 6.19. The molecule has 25 heavy (non-hydrogen) atoms. The summed E-state index contributed by atoms with van der Waals surface area (Å²) in [5, 5.41) is 0. The molecule has 0 saturated heterocycles. The largest absolute Gasteiger partial charge is 0.444 e. The van der Waals surface area contributed by atoms with Crippen LogP contribution in [0, 0.1) is 13.8 Å². The topological polar surface area (TPSA) is 48.3 Å². The van der Waals surface area contributed by atoms with Crippen LogP contribution in [0.25, 0.3) is 11.1 Å². The first-order chi connectivity index (χ1) is 12.0. The standard InChI is InChI=1S/C21H19NO3/c1-15-6-5-7-18(12-15)19-10-9-17(13-16(19)2)14-25-21(24)22-11-4-3-8-20(22)23/h3-13H,14H2,1-2H3. The SMILES string of the molecule is Cc1cccc(-c2ccc(COC(=O)n3ccccc3=O)cc2C)c1. The van der Waals surface area contributed by atoms with E-state index >= 15 is 0 Å². The predicted molar refractivity (Wildman–Crippen MR) is 97.6 cm³/mol. The van der Waals surface area contributed by atoms with E-state index < -0.39 is 11.7 Å². The van der Waals surface area contributed by atoms with Crippen LogP contribution in [0.2, 0.25) is 0 Å². The number of ether oxygens (including phenoxy) is 1. The Kier molecular flexibility index (Phi) is 4.80. The van der Waals surface area contributed by atoms with Gasteiger partial charge in [0.1, 0.15) is 6.61 Å². The molecule has 0 radical (unpaired) electrons. The summed E-state index contributed by atoms with van der Waals surface area (Å²) in [6.07, 6.45) is 0.725. The van der Waals surface area contributed by atoms with Crippen molar-refractivity contribution in [3.05, 3.63) is 93.9 Å². The summed E-state index contributed by atoms with van der Waals surface area (Å²) in [6, 6.07) is 18.8. The Morgan fingerprint density at radius 3 is 2.56 bits per heavy atom. The third kappa shape index (κ3) is 3.86. The van der Waals surface area contributed by atoms with Gasteiger partial charge in [-0.05, 0) is 42.2 Å². The zero-order valence-electron chi connectivity index (χ0n) is 14.2. The molecule has 0 aliphatic rings. The molecule has 4 nitrogen and oxygen atoms in total. The number of benzene rings is 2. The van der Waals surface area contributed by atoms with E-state index in [0.29, 0.717) is 0 Å². The summed E-state index contributed by atoms with van der Waals surface area (Å²) >= 11 is 0. The molecule has 0 amide bonds. The zero-order valence-corrected chi connectivity index (χ0v) is 14.2. The Morgan fingerprint density at radius 2 is 1.84 bits per heavy atom. The summed E-state index contributed by atoms with van der Waals surface area (Å²) in [4.78, 5) is 23.6. The highest BCUT2D eigenvalue weighted by Gasteiger charge is 2.09. The van der Waals surface area contributed by atoms with Crippen LogP contribution in [-0.2, 0) is 11.3 Å². The first-order valence-corrected chi connectivity index (χ1v) is 8.06. The van der Waals surface area contributed by atoms with E-state index in [2.05, 4.69) is 25.1 Å². The van der Waals surface area contributed by atoms with Crippen LogP contribution >= 0.6 is 0 Å². The van der Waals surface area contributed by atoms with Crippen molar-refractivity contribution in [1.29, 1.82) is 0 Å². The minimum absolute atomic E-state index is 0.120. The molecule has 126 valence electrons. The van der Waals surface area contributed by atoms with Crippen molar-refractivity contribution >= 4 is 6.09 Å². The van der Waals surface area contributed by atoms with Crippen LogP contribution in [0.5, 0.6) is 0 Å². The van der Waals surface area contributed by atoms with Gasteiger partial charge in [-0.1, -0.05) is 54.1 Å². The van der Waals surface area contributed by atoms with Crippen molar-refractivity contribution in [3.63, 3.8) is 0 Å². The monoisotopic (exact) mass is 333 g/mol. The number of hydrogen-bond acceptors (Lipinski definition) is 3. The van der Waals surface area contributed by atoms with E-state index in [1.807, 2.05) is 31.2 Å². The van der Waals surface area contributed by atoms with Gasteiger partial charge in [0.15, 0.2) is 0 Å². The normalized spacial score (nSPS) is 10.5. The summed E-state index contributed by atoms with van der Waals surface area (Å²) in [5.74, 6) is 0. The van der Waals surface area contributed by atoms with Gasteiger partial charge in [0, 0.05) is 12.3 Å². The number of aromatic nitrogens is 1. The molecule has 4 heteroatoms. The maximum Gasteiger partial charge on any atom is 0.421 e. The van der Waals surface area contributed by atoms with E-state index in [-0.39, 0.29) is 6.61 Å². The number of aryl methyl sites for hydroxylation is 2. The van der Waals surface area contributed by atoms with Crippen LogP contribution < -0.4 is 5.56 Å². The number of pyridine rings is 1. The van der Waals surface area contributed by atoms with Crippen LogP contribution in [0.4, 0.5) is 4.79 Å². The molecular weight excluding hydrogens is 314 g/mol. The highest BCUT2D eigenvalue weighted by Crippen LogP contribution is 2.25. The van der Waals surface area contributed by atoms with Gasteiger partial charge in [0.05, 0.1) is 0 Å². The molecule has 2 aromatic carbocycles. The van der Waals surface area contributed by atoms with Crippen LogP contribution in [0.3, 0.4) is 0 Å². The zero-order chi connectivity index (χ0) is 17.8. The van der Waals surface area contributed by atoms with Crippen molar-refractivity contribution < 1.29 is 9.53 Å². The average molecular weight is 333 g/mol. The molecule has 0 atom stereocenters. The van der Waals surface area contributed by atoms with Crippen molar-refractivity contribution in [3.8, 4) is 11.1 Å². The number of hydrogen-bond donors (Lipinski definition) is 0. The number of carbonyl (C=O) groups is 1. The molecule has 0 aliphatic heterocycles. The Labute approximate surface area is 146 Å². The van der Waals surface area contributed by atoms with Gasteiger partial charge in [-0.15, -0.1) is 0 Å². The van der Waals surface area contributed by atoms with E-state index in [4.69, 9.17) is 4.74 Å². The van der Waals surface area contributed by atoms with Gasteiger partial charge in [0.25, 0.3) is 5.56 Å². The van der Waals surface area contributed by atoms with Crippen molar-refractivity contribution in [2.24, 2.45) is 0 Å². The fourth-order valence-electron chi connectivity index (χ4n) is 2.74. The Bertz CT molecular complexity index is 973. The molecular formula is C21H19NO3. The minimum atomic E-state index is -0.675. The molecule has 3 aromatic rings. The van der Waals surface area contributed by atoms with Crippen LogP contribution in [0.1, 0.15) is 16.7 Å². The van der Waals surface area contributed by atoms with Crippen LogP contribution in [-0.4, -0.2) is 10.7 Å². The third-order valence-corrected chi connectivity index (χ3v) is 4.00. The van der Waals surface area contributed by atoms with Gasteiger partial charge in [0.2, 0.25) is 0 Å². The molecule has 0 unspecified atom stereocenters. The summed E-state index contributed by atoms with van der Waals surface area (Å²) in [7, 11) is 0. The van der Waals surface area contributed by atoms with E-state index in [1.54, 1.807) is 12.1 Å². The first kappa shape index (κ1) is 16.7. The lowest BCUT2D eigenvalue weighted by atomic mass is 9.97. The smallest absolute Gasteiger partial charge is 0.421 e. The highest BCUT2D eigenvalue weighted by atomic mass is 16.5. The fourth-order valence-corrected chi connectivity index (χ4v) is 2.74.